The first-order valence-corrected chi connectivity index (χ1v) is 18.3. The van der Waals surface area contributed by atoms with E-state index >= 15 is 0 Å². The normalized spacial score (nSPS) is 16.0. The van der Waals surface area contributed by atoms with Gasteiger partial charge in [-0.15, -0.1) is 11.3 Å². The lowest BCUT2D eigenvalue weighted by molar-refractivity contribution is -0.121. The van der Waals surface area contributed by atoms with Gasteiger partial charge in [-0.2, -0.15) is 0 Å². The molecule has 11 heteroatoms. The van der Waals surface area contributed by atoms with Gasteiger partial charge in [-0.05, 0) is 70.5 Å². The number of phenols is 1. The zero-order chi connectivity index (χ0) is 35.1. The Morgan fingerprint density at radius 3 is 2.36 bits per heavy atom. The van der Waals surface area contributed by atoms with E-state index in [1.165, 1.54) is 35.2 Å². The molecule has 6 rings (SSSR count). The van der Waals surface area contributed by atoms with Crippen LogP contribution in [0.2, 0.25) is 0 Å². The fourth-order valence-electron chi connectivity index (χ4n) is 6.48. The first-order valence-electron chi connectivity index (χ1n) is 17.4. The number of aromatic nitrogens is 1. The van der Waals surface area contributed by atoms with E-state index in [4.69, 9.17) is 9.47 Å². The molecule has 9 nitrogen and oxygen atoms in total. The number of aromatic hydroxyl groups is 1. The molecule has 266 valence electrons. The van der Waals surface area contributed by atoms with E-state index in [0.29, 0.717) is 36.8 Å². The Balaban J connectivity index is 1.01. The number of rotatable bonds is 14. The van der Waals surface area contributed by atoms with E-state index in [1.807, 2.05) is 4.90 Å². The van der Waals surface area contributed by atoms with Crippen LogP contribution in [-0.2, 0) is 27.4 Å². The van der Waals surface area contributed by atoms with Crippen LogP contribution in [0.15, 0.2) is 72.2 Å². The van der Waals surface area contributed by atoms with E-state index in [1.54, 1.807) is 11.6 Å². The highest BCUT2D eigenvalue weighted by Crippen LogP contribution is 2.38. The van der Waals surface area contributed by atoms with Crippen molar-refractivity contribution in [2.45, 2.75) is 46.3 Å². The Labute approximate surface area is 298 Å². The minimum atomic E-state index is -0.902. The van der Waals surface area contributed by atoms with Crippen LogP contribution in [0.4, 0.5) is 15.2 Å². The number of nitrogens with one attached hydrogen (secondary N) is 1. The van der Waals surface area contributed by atoms with Gasteiger partial charge < -0.3 is 24.8 Å². The SMILES string of the molecule is CC(C)(C)CCOCCOCCN1CCN(c2ccc(-c3ccc4c(c3)CN(C(C(=O)Nc3nccs3)c3cc(F)ccc3O)C4)cc2)CC1. The average molecular weight is 702 g/mol. The zero-order valence-corrected chi connectivity index (χ0v) is 30.1. The third-order valence-corrected chi connectivity index (χ3v) is 10.1. The van der Waals surface area contributed by atoms with Crippen molar-refractivity contribution in [2.24, 2.45) is 5.41 Å². The molecule has 4 aromatic rings. The summed E-state index contributed by atoms with van der Waals surface area (Å²) in [4.78, 5) is 24.6. The summed E-state index contributed by atoms with van der Waals surface area (Å²) < 4.78 is 25.9. The minimum absolute atomic E-state index is 0.124. The molecule has 1 saturated heterocycles. The van der Waals surface area contributed by atoms with Gasteiger partial charge >= 0.3 is 0 Å². The Hall–Kier alpha value is -3.87. The molecule has 50 heavy (non-hydrogen) atoms. The zero-order valence-electron chi connectivity index (χ0n) is 29.2. The average Bonchev–Trinajstić information content (AvgIpc) is 3.77. The molecular weight excluding hydrogens is 654 g/mol. The van der Waals surface area contributed by atoms with Crippen molar-refractivity contribution in [1.82, 2.24) is 14.8 Å². The maximum Gasteiger partial charge on any atom is 0.248 e. The number of hydrogen-bond acceptors (Lipinski definition) is 9. The fourth-order valence-corrected chi connectivity index (χ4v) is 7.01. The highest BCUT2D eigenvalue weighted by atomic mass is 32.1. The smallest absolute Gasteiger partial charge is 0.248 e. The lowest BCUT2D eigenvalue weighted by Gasteiger charge is -2.36. The predicted molar refractivity (Wildman–Crippen MR) is 197 cm³/mol. The molecule has 3 heterocycles. The van der Waals surface area contributed by atoms with Crippen molar-refractivity contribution in [3.05, 3.63) is 94.7 Å². The van der Waals surface area contributed by atoms with E-state index in [0.717, 1.165) is 74.6 Å². The van der Waals surface area contributed by atoms with Crippen molar-refractivity contribution in [3.63, 3.8) is 0 Å². The Morgan fingerprint density at radius 2 is 1.64 bits per heavy atom. The third kappa shape index (κ3) is 9.46. The number of ether oxygens (including phenoxy) is 2. The number of carbonyl (C=O) groups is 1. The van der Waals surface area contributed by atoms with Crippen LogP contribution in [0.25, 0.3) is 11.1 Å². The number of benzene rings is 3. The monoisotopic (exact) mass is 701 g/mol. The number of carbonyl (C=O) groups excluding carboxylic acids is 1. The highest BCUT2D eigenvalue weighted by Gasteiger charge is 2.34. The molecule has 0 radical (unpaired) electrons. The van der Waals surface area contributed by atoms with Crippen molar-refractivity contribution in [1.29, 1.82) is 0 Å². The number of amides is 1. The number of piperazine rings is 1. The van der Waals surface area contributed by atoms with Crippen molar-refractivity contribution >= 4 is 28.1 Å². The fraction of sp³-hybridized carbons (Fsp3) is 0.436. The molecule has 1 fully saturated rings. The molecule has 2 aliphatic rings. The van der Waals surface area contributed by atoms with Gasteiger partial charge in [0.15, 0.2) is 5.13 Å². The number of phenolic OH excluding ortho intramolecular Hbond substituents is 1. The molecule has 1 amide bonds. The maximum absolute atomic E-state index is 14.3. The number of nitrogens with zero attached hydrogens (tertiary/aromatic N) is 4. The van der Waals surface area contributed by atoms with Crippen LogP contribution in [0.3, 0.4) is 0 Å². The van der Waals surface area contributed by atoms with Crippen LogP contribution in [0.5, 0.6) is 5.75 Å². The number of anilines is 2. The highest BCUT2D eigenvalue weighted by molar-refractivity contribution is 7.13. The molecule has 0 aliphatic carbocycles. The van der Waals surface area contributed by atoms with Gasteiger partial charge in [-0.25, -0.2) is 9.37 Å². The number of hydrogen-bond donors (Lipinski definition) is 2. The van der Waals surface area contributed by atoms with E-state index in [9.17, 15) is 14.3 Å². The summed E-state index contributed by atoms with van der Waals surface area (Å²) in [5.41, 5.74) is 6.16. The quantitative estimate of drug-likeness (QED) is 0.137. The van der Waals surface area contributed by atoms with Crippen LogP contribution < -0.4 is 10.2 Å². The standard InChI is InChI=1S/C39H48FN5O4S/c1-39(2,3)12-19-48-21-22-49-20-18-43-14-16-44(17-15-43)33-9-6-28(7-10-33)29-4-5-30-26-45(27-31(30)24-29)36(34-25-32(40)8-11-35(34)46)37(47)42-38-41-13-23-50-38/h4-11,13,23-25,36,46H,12,14-22,26-27H2,1-3H3,(H,41,42,47). The lowest BCUT2D eigenvalue weighted by atomic mass is 9.93. The van der Waals surface area contributed by atoms with Gasteiger partial charge in [-0.1, -0.05) is 45.0 Å². The van der Waals surface area contributed by atoms with E-state index < -0.39 is 11.9 Å². The van der Waals surface area contributed by atoms with E-state index in [-0.39, 0.29) is 17.2 Å². The molecule has 1 aromatic heterocycles. The Kier molecular flexibility index (Phi) is 11.8. The number of thiazole rings is 1. The minimum Gasteiger partial charge on any atom is -0.508 e. The Bertz CT molecular complexity index is 1700. The second kappa shape index (κ2) is 16.4. The molecule has 1 unspecified atom stereocenters. The van der Waals surface area contributed by atoms with Gasteiger partial charge in [0, 0.05) is 75.2 Å². The van der Waals surface area contributed by atoms with Crippen LogP contribution in [-0.4, -0.2) is 84.9 Å². The van der Waals surface area contributed by atoms with Gasteiger partial charge in [-0.3, -0.25) is 14.6 Å². The summed E-state index contributed by atoms with van der Waals surface area (Å²) in [5, 5.41) is 15.7. The largest absolute Gasteiger partial charge is 0.508 e. The first-order chi connectivity index (χ1) is 24.1. The third-order valence-electron chi connectivity index (χ3n) is 9.37. The van der Waals surface area contributed by atoms with Crippen LogP contribution >= 0.6 is 11.3 Å². The second-order valence-electron chi connectivity index (χ2n) is 14.2. The summed E-state index contributed by atoms with van der Waals surface area (Å²) in [6, 6.07) is 17.9. The summed E-state index contributed by atoms with van der Waals surface area (Å²) in [6.07, 6.45) is 2.67. The van der Waals surface area contributed by atoms with Gasteiger partial charge in [0.25, 0.3) is 0 Å². The molecule has 0 bridgehead atoms. The molecular formula is C39H48FN5O4S. The van der Waals surface area contributed by atoms with E-state index in [2.05, 4.69) is 83.3 Å². The molecule has 0 spiro atoms. The number of fused-ring (bicyclic) bond motifs is 1. The summed E-state index contributed by atoms with van der Waals surface area (Å²) >= 11 is 1.31. The van der Waals surface area contributed by atoms with Crippen molar-refractivity contribution in [3.8, 4) is 16.9 Å². The summed E-state index contributed by atoms with van der Waals surface area (Å²) in [5.74, 6) is -1.00. The first kappa shape index (κ1) is 35.9. The van der Waals surface area contributed by atoms with Gasteiger partial charge in [0.2, 0.25) is 5.91 Å². The van der Waals surface area contributed by atoms with Crippen LogP contribution in [0, 0.1) is 11.2 Å². The van der Waals surface area contributed by atoms with Gasteiger partial charge in [0.1, 0.15) is 17.6 Å². The second-order valence-corrected chi connectivity index (χ2v) is 15.1. The maximum atomic E-state index is 14.3. The van der Waals surface area contributed by atoms with Gasteiger partial charge in [0.05, 0.1) is 19.8 Å². The lowest BCUT2D eigenvalue weighted by Crippen LogP contribution is -2.47. The molecule has 2 N–H and O–H groups in total. The summed E-state index contributed by atoms with van der Waals surface area (Å²) in [7, 11) is 0. The van der Waals surface area contributed by atoms with Crippen molar-refractivity contribution in [2.75, 3.05) is 69.4 Å². The molecule has 0 saturated carbocycles. The predicted octanol–water partition coefficient (Wildman–Crippen LogP) is 6.94. The molecule has 1 atom stereocenters. The van der Waals surface area contributed by atoms with Crippen molar-refractivity contribution < 1.29 is 23.8 Å². The topological polar surface area (TPSA) is 90.4 Å². The molecule has 2 aliphatic heterocycles. The summed E-state index contributed by atoms with van der Waals surface area (Å²) in [6.45, 7) is 15.3. The molecule has 3 aromatic carbocycles. The van der Waals surface area contributed by atoms with Crippen LogP contribution in [0.1, 0.15) is 49.9 Å². The Morgan fingerprint density at radius 1 is 0.920 bits per heavy atom. The number of halogens is 1.